The molecule has 0 atom stereocenters. The topological polar surface area (TPSA) is 43.8 Å². The minimum Gasteiger partial charge on any atom is -0.398 e. The summed E-state index contributed by atoms with van der Waals surface area (Å²) in [6.07, 6.45) is -3.23. The quantitative estimate of drug-likeness (QED) is 0.341. The molecule has 0 bridgehead atoms. The maximum absolute atomic E-state index is 13.9. The maximum Gasteiger partial charge on any atom is 0.450 e. The zero-order valence-electron chi connectivity index (χ0n) is 15.3. The van der Waals surface area contributed by atoms with Crippen molar-refractivity contribution >= 4 is 22.8 Å². The van der Waals surface area contributed by atoms with E-state index in [1.165, 1.54) is 48.5 Å². The van der Waals surface area contributed by atoms with Gasteiger partial charge in [-0.1, -0.05) is 30.3 Å². The molecule has 0 aliphatic carbocycles. The predicted octanol–water partition coefficient (Wildman–Crippen LogP) is 5.78. The number of hydrogen-bond donors (Lipinski definition) is 1. The van der Waals surface area contributed by atoms with Crippen molar-refractivity contribution in [1.29, 1.82) is 0 Å². The Bertz CT molecular complexity index is 1250. The van der Waals surface area contributed by atoms with Crippen LogP contribution in [-0.2, 0) is 6.18 Å². The monoisotopic (exact) mass is 415 g/mol. The zero-order valence-corrected chi connectivity index (χ0v) is 15.3. The number of nitrogens with zero attached hydrogens (tertiary/aromatic N) is 2. The molecule has 1 heterocycles. The molecule has 2 N–H and O–H groups in total. The van der Waals surface area contributed by atoms with Crippen molar-refractivity contribution in [2.24, 2.45) is 5.73 Å². The Morgan fingerprint density at radius 2 is 1.60 bits per heavy atom. The van der Waals surface area contributed by atoms with Gasteiger partial charge in [0, 0.05) is 16.9 Å². The molecule has 0 fully saturated rings. The van der Waals surface area contributed by atoms with Gasteiger partial charge < -0.3 is 5.73 Å². The molecular weight excluding hydrogens is 401 g/mol. The number of imidazole rings is 1. The fourth-order valence-electron chi connectivity index (χ4n) is 3.18. The highest BCUT2D eigenvalue weighted by molar-refractivity contribution is 5.81. The predicted molar refractivity (Wildman–Crippen MR) is 104 cm³/mol. The zero-order chi connectivity index (χ0) is 21.5. The molecule has 0 saturated carbocycles. The van der Waals surface area contributed by atoms with Crippen molar-refractivity contribution < 1.29 is 22.0 Å². The smallest absolute Gasteiger partial charge is 0.398 e. The Balaban J connectivity index is 1.76. The van der Waals surface area contributed by atoms with Crippen molar-refractivity contribution in [3.63, 3.8) is 0 Å². The van der Waals surface area contributed by atoms with E-state index in [4.69, 9.17) is 5.73 Å². The summed E-state index contributed by atoms with van der Waals surface area (Å²) in [6, 6.07) is 16.0. The fraction of sp³-hybridized carbons (Fsp3) is 0.0455. The number of para-hydroxylation sites is 2. The molecule has 3 nitrogen and oxygen atoms in total. The van der Waals surface area contributed by atoms with E-state index < -0.39 is 23.6 Å². The summed E-state index contributed by atoms with van der Waals surface area (Å²) in [5.41, 5.74) is 7.07. The van der Waals surface area contributed by atoms with Crippen LogP contribution in [0.15, 0.2) is 66.7 Å². The second-order valence-electron chi connectivity index (χ2n) is 6.55. The number of nitrogens with two attached hydrogens (primary N) is 1. The van der Waals surface area contributed by atoms with Crippen molar-refractivity contribution in [2.75, 3.05) is 0 Å². The van der Waals surface area contributed by atoms with Gasteiger partial charge >= 0.3 is 6.18 Å². The summed E-state index contributed by atoms with van der Waals surface area (Å²) < 4.78 is 68.8. The van der Waals surface area contributed by atoms with Gasteiger partial charge in [0.25, 0.3) is 0 Å². The van der Waals surface area contributed by atoms with Gasteiger partial charge in [-0.05, 0) is 48.0 Å². The van der Waals surface area contributed by atoms with E-state index in [0.29, 0.717) is 11.1 Å². The summed E-state index contributed by atoms with van der Waals surface area (Å²) in [5.74, 6) is -3.12. The summed E-state index contributed by atoms with van der Waals surface area (Å²) in [6.45, 7) is 0. The van der Waals surface area contributed by atoms with Crippen LogP contribution < -0.4 is 5.73 Å². The molecule has 30 heavy (non-hydrogen) atoms. The normalized spacial score (nSPS) is 12.5. The standard InChI is InChI=1S/C22H14F5N3/c23-16-5-3-4-15(20(16)24)17(28)12-13-8-10-14(11-9-13)30-19-7-2-1-6-18(19)29-21(30)22(25,26)27/h1-12H,28H2/b17-12-. The van der Waals surface area contributed by atoms with Gasteiger partial charge in [-0.15, -0.1) is 0 Å². The van der Waals surface area contributed by atoms with Gasteiger partial charge in [-0.25, -0.2) is 13.8 Å². The highest BCUT2D eigenvalue weighted by Gasteiger charge is 2.38. The van der Waals surface area contributed by atoms with Gasteiger partial charge in [-0.2, -0.15) is 13.2 Å². The van der Waals surface area contributed by atoms with Crippen LogP contribution >= 0.6 is 0 Å². The molecule has 0 spiro atoms. The number of hydrogen-bond acceptors (Lipinski definition) is 2. The molecule has 0 aliphatic rings. The molecule has 0 unspecified atom stereocenters. The third-order valence-corrected chi connectivity index (χ3v) is 4.55. The fourth-order valence-corrected chi connectivity index (χ4v) is 3.18. The lowest BCUT2D eigenvalue weighted by atomic mass is 10.1. The maximum atomic E-state index is 13.9. The van der Waals surface area contributed by atoms with E-state index >= 15 is 0 Å². The van der Waals surface area contributed by atoms with Gasteiger partial charge in [0.2, 0.25) is 5.82 Å². The first-order chi connectivity index (χ1) is 14.3. The lowest BCUT2D eigenvalue weighted by molar-refractivity contribution is -0.145. The molecule has 0 aliphatic heterocycles. The van der Waals surface area contributed by atoms with Gasteiger partial charge in [-0.3, -0.25) is 4.57 Å². The molecule has 0 radical (unpaired) electrons. The number of benzene rings is 3. The molecule has 3 aromatic carbocycles. The second kappa shape index (κ2) is 7.29. The van der Waals surface area contributed by atoms with Crippen LogP contribution in [0.1, 0.15) is 17.0 Å². The molecular formula is C22H14F5N3. The lowest BCUT2D eigenvalue weighted by Crippen LogP contribution is -2.13. The number of aromatic nitrogens is 2. The molecule has 152 valence electrons. The SMILES string of the molecule is N/C(=C\c1ccc(-n2c(C(F)(F)F)nc3ccccc32)cc1)c1cccc(F)c1F. The summed E-state index contributed by atoms with van der Waals surface area (Å²) >= 11 is 0. The summed E-state index contributed by atoms with van der Waals surface area (Å²) in [7, 11) is 0. The minimum absolute atomic E-state index is 0.0104. The first-order valence-corrected chi connectivity index (χ1v) is 8.82. The Morgan fingerprint density at radius 1 is 0.900 bits per heavy atom. The first kappa shape index (κ1) is 19.6. The Morgan fingerprint density at radius 3 is 2.30 bits per heavy atom. The summed E-state index contributed by atoms with van der Waals surface area (Å²) in [4.78, 5) is 3.72. The van der Waals surface area contributed by atoms with Crippen LogP contribution in [-0.4, -0.2) is 9.55 Å². The molecule has 4 aromatic rings. The molecule has 8 heteroatoms. The van der Waals surface area contributed by atoms with Gasteiger partial charge in [0.15, 0.2) is 11.6 Å². The van der Waals surface area contributed by atoms with Crippen LogP contribution in [0.4, 0.5) is 22.0 Å². The van der Waals surface area contributed by atoms with E-state index in [1.807, 2.05) is 0 Å². The van der Waals surface area contributed by atoms with Crippen LogP contribution in [0.25, 0.3) is 28.5 Å². The highest BCUT2D eigenvalue weighted by Crippen LogP contribution is 2.34. The van der Waals surface area contributed by atoms with Gasteiger partial charge in [0.05, 0.1) is 11.0 Å². The Labute approximate surface area is 167 Å². The molecule has 0 saturated heterocycles. The average Bonchev–Trinajstić information content (AvgIpc) is 3.11. The molecule has 1 aromatic heterocycles. The van der Waals surface area contributed by atoms with E-state index in [1.54, 1.807) is 18.2 Å². The van der Waals surface area contributed by atoms with Crippen molar-refractivity contribution in [3.8, 4) is 5.69 Å². The van der Waals surface area contributed by atoms with Crippen LogP contribution in [0, 0.1) is 11.6 Å². The third-order valence-electron chi connectivity index (χ3n) is 4.55. The third kappa shape index (κ3) is 3.52. The van der Waals surface area contributed by atoms with Crippen molar-refractivity contribution in [2.45, 2.75) is 6.18 Å². The van der Waals surface area contributed by atoms with Crippen molar-refractivity contribution in [1.82, 2.24) is 9.55 Å². The van der Waals surface area contributed by atoms with E-state index in [0.717, 1.165) is 10.6 Å². The highest BCUT2D eigenvalue weighted by atomic mass is 19.4. The van der Waals surface area contributed by atoms with Crippen LogP contribution in [0.2, 0.25) is 0 Å². The van der Waals surface area contributed by atoms with Crippen molar-refractivity contribution in [3.05, 3.63) is 95.3 Å². The van der Waals surface area contributed by atoms with E-state index in [-0.39, 0.29) is 22.5 Å². The Kier molecular flexibility index (Phi) is 4.77. The number of rotatable bonds is 3. The molecule has 4 rings (SSSR count). The average molecular weight is 415 g/mol. The van der Waals surface area contributed by atoms with E-state index in [2.05, 4.69) is 4.98 Å². The minimum atomic E-state index is -4.64. The number of fused-ring (bicyclic) bond motifs is 1. The first-order valence-electron chi connectivity index (χ1n) is 8.82. The van der Waals surface area contributed by atoms with Gasteiger partial charge in [0.1, 0.15) is 0 Å². The summed E-state index contributed by atoms with van der Waals surface area (Å²) in [5, 5.41) is 0. The second-order valence-corrected chi connectivity index (χ2v) is 6.55. The lowest BCUT2D eigenvalue weighted by Gasteiger charge is -2.12. The van der Waals surface area contributed by atoms with Crippen LogP contribution in [0.3, 0.4) is 0 Å². The Hall–Kier alpha value is -3.68. The van der Waals surface area contributed by atoms with E-state index in [9.17, 15) is 22.0 Å². The largest absolute Gasteiger partial charge is 0.450 e. The number of halogens is 5. The van der Waals surface area contributed by atoms with Crippen LogP contribution in [0.5, 0.6) is 0 Å². The number of alkyl halides is 3. The molecule has 0 amide bonds.